The Morgan fingerprint density at radius 1 is 1.13 bits per heavy atom. The summed E-state index contributed by atoms with van der Waals surface area (Å²) in [5.74, 6) is 0.619. The molecule has 1 saturated heterocycles. The Kier molecular flexibility index (Phi) is 7.58. The van der Waals surface area contributed by atoms with Gasteiger partial charge in [-0.15, -0.1) is 0 Å². The third kappa shape index (κ3) is 7.19. The Morgan fingerprint density at radius 3 is 2.40 bits per heavy atom. The van der Waals surface area contributed by atoms with E-state index in [1.807, 2.05) is 0 Å². The summed E-state index contributed by atoms with van der Waals surface area (Å²) in [6, 6.07) is 13.4. The van der Waals surface area contributed by atoms with Crippen LogP contribution in [-0.4, -0.2) is 51.3 Å². The van der Waals surface area contributed by atoms with E-state index < -0.39 is 10.1 Å². The molecule has 0 spiro atoms. The topological polar surface area (TPSA) is 82.1 Å². The van der Waals surface area contributed by atoms with Crippen LogP contribution >= 0.6 is 11.6 Å². The van der Waals surface area contributed by atoms with E-state index >= 15 is 0 Å². The lowest BCUT2D eigenvalue weighted by molar-refractivity contribution is -0.135. The van der Waals surface area contributed by atoms with E-state index in [2.05, 4.69) is 0 Å². The van der Waals surface area contributed by atoms with Gasteiger partial charge in [-0.1, -0.05) is 23.7 Å². The first kappa shape index (κ1) is 22.4. The summed E-state index contributed by atoms with van der Waals surface area (Å²) in [5, 5.41) is 0.594. The molecule has 0 N–H and O–H groups in total. The smallest absolute Gasteiger partial charge is 0.306 e. The summed E-state index contributed by atoms with van der Waals surface area (Å²) in [6.45, 7) is 1.40. The van der Waals surface area contributed by atoms with Gasteiger partial charge in [-0.2, -0.15) is 8.42 Å². The van der Waals surface area contributed by atoms with Crippen molar-refractivity contribution in [3.8, 4) is 11.5 Å². The molecule has 0 aliphatic carbocycles. The predicted molar refractivity (Wildman–Crippen MR) is 113 cm³/mol. The van der Waals surface area contributed by atoms with E-state index in [-0.39, 0.29) is 24.4 Å². The summed E-state index contributed by atoms with van der Waals surface area (Å²) >= 11 is 5.87. The monoisotopic (exact) mass is 453 g/mol. The standard InChI is InChI=1S/C21H24ClNO6S/c1-30(25,26)29-19-8-4-16(5-9-19)13-23(14-20-3-2-12-27-20)21(24)15-28-18-10-6-17(22)7-11-18/h4-11,20H,2-3,12-15H2,1H3/t20-/m0/s1. The number of carbonyl (C=O) groups is 1. The molecular formula is C21H24ClNO6S. The van der Waals surface area contributed by atoms with Crippen LogP contribution in [0.3, 0.4) is 0 Å². The van der Waals surface area contributed by atoms with Gasteiger partial charge in [0.1, 0.15) is 11.5 Å². The Hall–Kier alpha value is -2.29. The molecule has 0 aromatic heterocycles. The zero-order valence-electron chi connectivity index (χ0n) is 16.6. The lowest BCUT2D eigenvalue weighted by Gasteiger charge is -2.26. The van der Waals surface area contributed by atoms with Crippen molar-refractivity contribution in [1.29, 1.82) is 0 Å². The van der Waals surface area contributed by atoms with Crippen LogP contribution < -0.4 is 8.92 Å². The number of carbonyl (C=O) groups excluding carboxylic acids is 1. The highest BCUT2D eigenvalue weighted by Gasteiger charge is 2.23. The van der Waals surface area contributed by atoms with Crippen LogP contribution in [0.2, 0.25) is 5.02 Å². The molecule has 7 nitrogen and oxygen atoms in total. The van der Waals surface area contributed by atoms with Crippen LogP contribution in [0.1, 0.15) is 18.4 Å². The van der Waals surface area contributed by atoms with E-state index in [1.54, 1.807) is 53.4 Å². The maximum atomic E-state index is 12.8. The van der Waals surface area contributed by atoms with E-state index in [1.165, 1.54) is 0 Å². The van der Waals surface area contributed by atoms with Crippen molar-refractivity contribution in [3.05, 3.63) is 59.1 Å². The number of hydrogen-bond donors (Lipinski definition) is 0. The zero-order chi connectivity index (χ0) is 21.6. The molecule has 162 valence electrons. The maximum absolute atomic E-state index is 12.8. The number of ether oxygens (including phenoxy) is 2. The van der Waals surface area contributed by atoms with Gasteiger partial charge < -0.3 is 18.6 Å². The van der Waals surface area contributed by atoms with Crippen molar-refractivity contribution >= 4 is 27.6 Å². The van der Waals surface area contributed by atoms with E-state index in [4.69, 9.17) is 25.3 Å². The second-order valence-corrected chi connectivity index (χ2v) is 9.09. The fraction of sp³-hybridized carbons (Fsp3) is 0.381. The molecule has 0 bridgehead atoms. The van der Waals surface area contributed by atoms with E-state index in [0.29, 0.717) is 30.5 Å². The van der Waals surface area contributed by atoms with Gasteiger partial charge in [-0.05, 0) is 54.8 Å². The van der Waals surface area contributed by atoms with Gasteiger partial charge in [0.15, 0.2) is 6.61 Å². The van der Waals surface area contributed by atoms with Crippen molar-refractivity contribution in [3.63, 3.8) is 0 Å². The highest BCUT2D eigenvalue weighted by Crippen LogP contribution is 2.19. The second kappa shape index (κ2) is 10.1. The Morgan fingerprint density at radius 2 is 1.80 bits per heavy atom. The van der Waals surface area contributed by atoms with Gasteiger partial charge in [0.2, 0.25) is 0 Å². The summed E-state index contributed by atoms with van der Waals surface area (Å²) in [7, 11) is -3.58. The fourth-order valence-electron chi connectivity index (χ4n) is 3.10. The first-order valence-corrected chi connectivity index (χ1v) is 11.7. The molecule has 0 unspecified atom stereocenters. The number of nitrogens with zero attached hydrogens (tertiary/aromatic N) is 1. The molecule has 3 rings (SSSR count). The molecule has 1 aliphatic rings. The highest BCUT2D eigenvalue weighted by molar-refractivity contribution is 7.86. The molecule has 2 aromatic carbocycles. The predicted octanol–water partition coefficient (Wildman–Crippen LogP) is 3.27. The number of amides is 1. The highest BCUT2D eigenvalue weighted by atomic mass is 35.5. The molecule has 9 heteroatoms. The van der Waals surface area contributed by atoms with Gasteiger partial charge in [0.05, 0.1) is 12.4 Å². The first-order chi connectivity index (χ1) is 14.3. The molecule has 1 atom stereocenters. The van der Waals surface area contributed by atoms with E-state index in [9.17, 15) is 13.2 Å². The van der Waals surface area contributed by atoms with Crippen LogP contribution in [0.25, 0.3) is 0 Å². The minimum absolute atomic E-state index is 0.00248. The number of halogens is 1. The Labute approximate surface area is 181 Å². The molecule has 30 heavy (non-hydrogen) atoms. The van der Waals surface area contributed by atoms with Gasteiger partial charge >= 0.3 is 10.1 Å². The van der Waals surface area contributed by atoms with Gasteiger partial charge in [0.25, 0.3) is 5.91 Å². The van der Waals surface area contributed by atoms with Crippen LogP contribution in [0, 0.1) is 0 Å². The average Bonchev–Trinajstić information content (AvgIpc) is 3.20. The Bertz CT molecular complexity index is 940. The summed E-state index contributed by atoms with van der Waals surface area (Å²) in [5.41, 5.74) is 0.841. The number of hydrogen-bond acceptors (Lipinski definition) is 6. The summed E-state index contributed by atoms with van der Waals surface area (Å²) in [4.78, 5) is 14.5. The van der Waals surface area contributed by atoms with Gasteiger partial charge in [-0.25, -0.2) is 0 Å². The van der Waals surface area contributed by atoms with E-state index in [0.717, 1.165) is 24.7 Å². The minimum Gasteiger partial charge on any atom is -0.484 e. The summed E-state index contributed by atoms with van der Waals surface area (Å²) in [6.07, 6.45) is 2.87. The minimum atomic E-state index is -3.58. The lowest BCUT2D eigenvalue weighted by atomic mass is 10.1. The van der Waals surface area contributed by atoms with Crippen molar-refractivity contribution < 1.29 is 26.9 Å². The van der Waals surface area contributed by atoms with Crippen LogP contribution in [-0.2, 0) is 26.2 Å². The fourth-order valence-corrected chi connectivity index (χ4v) is 3.69. The number of rotatable bonds is 9. The third-order valence-corrected chi connectivity index (χ3v) is 5.27. The van der Waals surface area contributed by atoms with Crippen molar-refractivity contribution in [2.24, 2.45) is 0 Å². The van der Waals surface area contributed by atoms with Crippen molar-refractivity contribution in [2.45, 2.75) is 25.5 Å². The summed E-state index contributed by atoms with van der Waals surface area (Å²) < 4.78 is 38.6. The molecule has 1 amide bonds. The molecule has 0 saturated carbocycles. The van der Waals surface area contributed by atoms with Gasteiger partial charge in [-0.3, -0.25) is 4.79 Å². The molecule has 0 radical (unpaired) electrons. The third-order valence-electron chi connectivity index (χ3n) is 4.52. The molecule has 2 aromatic rings. The zero-order valence-corrected chi connectivity index (χ0v) is 18.2. The molecular weight excluding hydrogens is 430 g/mol. The van der Waals surface area contributed by atoms with Gasteiger partial charge in [0, 0.05) is 24.7 Å². The second-order valence-electron chi connectivity index (χ2n) is 7.08. The quantitative estimate of drug-likeness (QED) is 0.542. The van der Waals surface area contributed by atoms with Crippen LogP contribution in [0.4, 0.5) is 0 Å². The SMILES string of the molecule is CS(=O)(=O)Oc1ccc(CN(C[C@@H]2CCCO2)C(=O)COc2ccc(Cl)cc2)cc1. The average molecular weight is 454 g/mol. The number of benzene rings is 2. The van der Waals surface area contributed by atoms with Crippen molar-refractivity contribution in [2.75, 3.05) is 26.0 Å². The van der Waals surface area contributed by atoms with Crippen LogP contribution in [0.5, 0.6) is 11.5 Å². The molecule has 1 heterocycles. The normalized spacial score (nSPS) is 16.3. The largest absolute Gasteiger partial charge is 0.484 e. The molecule has 1 aliphatic heterocycles. The van der Waals surface area contributed by atoms with Crippen LogP contribution in [0.15, 0.2) is 48.5 Å². The maximum Gasteiger partial charge on any atom is 0.306 e. The Balaban J connectivity index is 1.65. The molecule has 1 fully saturated rings. The lowest BCUT2D eigenvalue weighted by Crippen LogP contribution is -2.39. The van der Waals surface area contributed by atoms with Crippen molar-refractivity contribution in [1.82, 2.24) is 4.90 Å². The first-order valence-electron chi connectivity index (χ1n) is 9.55.